The van der Waals surface area contributed by atoms with Crippen LogP contribution in [0.15, 0.2) is 48.4 Å². The average molecular weight is 175 g/mol. The molecule has 1 heterocycles. The molecular weight excluding hydrogens is 158 g/mol. The van der Waals surface area contributed by atoms with E-state index in [1.54, 1.807) is 0 Å². The quantitative estimate of drug-likeness (QED) is 0.679. The summed E-state index contributed by atoms with van der Waals surface area (Å²) in [5.74, 6) is 0.668. The summed E-state index contributed by atoms with van der Waals surface area (Å²) in [6.45, 7) is 8.45. The molecule has 1 aliphatic heterocycles. The van der Waals surface area contributed by atoms with Gasteiger partial charge >= 0.3 is 0 Å². The van der Waals surface area contributed by atoms with Gasteiger partial charge in [0.25, 0.3) is 0 Å². The Kier molecular flexibility index (Phi) is 3.56. The molecule has 0 amide bonds. The lowest BCUT2D eigenvalue weighted by Gasteiger charge is -2.11. The molecule has 0 spiro atoms. The highest BCUT2D eigenvalue weighted by Gasteiger charge is 2.03. The fourth-order valence-electron chi connectivity index (χ4n) is 1.26. The first-order valence-corrected chi connectivity index (χ1v) is 4.67. The van der Waals surface area contributed by atoms with Gasteiger partial charge in [0, 0.05) is 12.4 Å². The predicted molar refractivity (Wildman–Crippen MR) is 58.1 cm³/mol. The summed E-state index contributed by atoms with van der Waals surface area (Å²) < 4.78 is 0. The zero-order chi connectivity index (χ0) is 9.68. The van der Waals surface area contributed by atoms with Crippen molar-refractivity contribution >= 4 is 0 Å². The Bertz CT molecular complexity index is 267. The molecule has 0 aromatic carbocycles. The van der Waals surface area contributed by atoms with E-state index in [-0.39, 0.29) is 0 Å². The third kappa shape index (κ3) is 3.32. The molecule has 0 aromatic heterocycles. The molecule has 0 saturated carbocycles. The van der Waals surface area contributed by atoms with Crippen molar-refractivity contribution in [2.24, 2.45) is 5.92 Å². The molecule has 1 aliphatic rings. The lowest BCUT2D eigenvalue weighted by molar-refractivity contribution is 0.645. The van der Waals surface area contributed by atoms with E-state index in [0.717, 1.165) is 12.0 Å². The number of rotatable bonds is 2. The van der Waals surface area contributed by atoms with Gasteiger partial charge in [-0.15, -0.1) is 0 Å². The fourth-order valence-corrected chi connectivity index (χ4v) is 1.26. The molecule has 0 bridgehead atoms. The van der Waals surface area contributed by atoms with Crippen LogP contribution in [0, 0.1) is 5.92 Å². The van der Waals surface area contributed by atoms with Crippen LogP contribution in [0.4, 0.5) is 0 Å². The Morgan fingerprint density at radius 3 is 2.85 bits per heavy atom. The van der Waals surface area contributed by atoms with Gasteiger partial charge in [-0.2, -0.15) is 0 Å². The number of allylic oxidation sites excluding steroid dienone is 5. The molecule has 1 nitrogen and oxygen atoms in total. The van der Waals surface area contributed by atoms with E-state index in [0.29, 0.717) is 5.92 Å². The van der Waals surface area contributed by atoms with E-state index in [9.17, 15) is 0 Å². The zero-order valence-corrected chi connectivity index (χ0v) is 8.38. The van der Waals surface area contributed by atoms with Crippen LogP contribution in [0.3, 0.4) is 0 Å². The van der Waals surface area contributed by atoms with E-state index in [2.05, 4.69) is 25.7 Å². The highest BCUT2D eigenvalue weighted by atomic mass is 14.8. The smallest absolute Gasteiger partial charge is 0.00426 e. The second-order valence-corrected chi connectivity index (χ2v) is 3.68. The molecule has 0 atom stereocenters. The van der Waals surface area contributed by atoms with Crippen molar-refractivity contribution in [3.63, 3.8) is 0 Å². The average Bonchev–Trinajstić information content (AvgIpc) is 2.04. The van der Waals surface area contributed by atoms with Gasteiger partial charge in [0.2, 0.25) is 0 Å². The summed E-state index contributed by atoms with van der Waals surface area (Å²) in [7, 11) is 0. The molecule has 0 fully saturated rings. The van der Waals surface area contributed by atoms with Crippen molar-refractivity contribution in [1.29, 1.82) is 0 Å². The van der Waals surface area contributed by atoms with Crippen LogP contribution in [-0.2, 0) is 0 Å². The molecule has 70 valence electrons. The molecule has 1 N–H and O–H groups in total. The van der Waals surface area contributed by atoms with E-state index in [1.807, 2.05) is 30.6 Å². The monoisotopic (exact) mass is 175 g/mol. The predicted octanol–water partition coefficient (Wildman–Crippen LogP) is 3.15. The summed E-state index contributed by atoms with van der Waals surface area (Å²) in [4.78, 5) is 0. The van der Waals surface area contributed by atoms with Crippen molar-refractivity contribution < 1.29 is 0 Å². The second-order valence-electron chi connectivity index (χ2n) is 3.68. The van der Waals surface area contributed by atoms with Gasteiger partial charge in [0.05, 0.1) is 0 Å². The van der Waals surface area contributed by atoms with E-state index < -0.39 is 0 Å². The largest absolute Gasteiger partial charge is 0.367 e. The van der Waals surface area contributed by atoms with Gasteiger partial charge in [0.1, 0.15) is 0 Å². The van der Waals surface area contributed by atoms with E-state index >= 15 is 0 Å². The maximum atomic E-state index is 4.02. The van der Waals surface area contributed by atoms with Crippen LogP contribution in [0.1, 0.15) is 20.3 Å². The third-order valence-electron chi connectivity index (χ3n) is 1.90. The molecule has 0 aromatic rings. The molecular formula is C12H17N. The van der Waals surface area contributed by atoms with Crippen LogP contribution in [-0.4, -0.2) is 0 Å². The minimum absolute atomic E-state index is 0.668. The molecule has 0 aliphatic carbocycles. The van der Waals surface area contributed by atoms with E-state index in [1.165, 1.54) is 5.57 Å². The SMILES string of the molecule is C=C1/C=C\C=C/NC=C1CC(C)C. The summed E-state index contributed by atoms with van der Waals surface area (Å²) in [5.41, 5.74) is 2.39. The molecule has 0 saturated heterocycles. The third-order valence-corrected chi connectivity index (χ3v) is 1.90. The molecule has 1 rings (SSSR count). The van der Waals surface area contributed by atoms with Crippen LogP contribution in [0.5, 0.6) is 0 Å². The molecule has 0 radical (unpaired) electrons. The highest BCUT2D eigenvalue weighted by molar-refractivity contribution is 5.39. The van der Waals surface area contributed by atoms with Crippen LogP contribution in [0.2, 0.25) is 0 Å². The first kappa shape index (κ1) is 9.85. The Hall–Kier alpha value is -1.24. The Morgan fingerprint density at radius 1 is 1.38 bits per heavy atom. The number of hydrogen-bond acceptors (Lipinski definition) is 1. The molecule has 0 unspecified atom stereocenters. The summed E-state index contributed by atoms with van der Waals surface area (Å²) >= 11 is 0. The van der Waals surface area contributed by atoms with Gasteiger partial charge in [-0.05, 0) is 29.6 Å². The maximum Gasteiger partial charge on any atom is 0.00426 e. The molecule has 1 heteroatoms. The van der Waals surface area contributed by atoms with Crippen molar-refractivity contribution in [3.8, 4) is 0 Å². The topological polar surface area (TPSA) is 12.0 Å². The van der Waals surface area contributed by atoms with Crippen LogP contribution >= 0.6 is 0 Å². The summed E-state index contributed by atoms with van der Waals surface area (Å²) in [5, 5.41) is 3.12. The van der Waals surface area contributed by atoms with E-state index in [4.69, 9.17) is 0 Å². The van der Waals surface area contributed by atoms with Crippen molar-refractivity contribution in [2.75, 3.05) is 0 Å². The lowest BCUT2D eigenvalue weighted by atomic mass is 9.97. The van der Waals surface area contributed by atoms with Gasteiger partial charge in [0.15, 0.2) is 0 Å². The Balaban J connectivity index is 2.74. The number of hydrogen-bond donors (Lipinski definition) is 1. The summed E-state index contributed by atoms with van der Waals surface area (Å²) in [6, 6.07) is 0. The Morgan fingerprint density at radius 2 is 2.15 bits per heavy atom. The van der Waals surface area contributed by atoms with Crippen molar-refractivity contribution in [2.45, 2.75) is 20.3 Å². The first-order chi connectivity index (χ1) is 6.20. The minimum atomic E-state index is 0.668. The Labute approximate surface area is 80.5 Å². The van der Waals surface area contributed by atoms with Gasteiger partial charge < -0.3 is 5.32 Å². The van der Waals surface area contributed by atoms with Gasteiger partial charge in [-0.3, -0.25) is 0 Å². The zero-order valence-electron chi connectivity index (χ0n) is 8.38. The first-order valence-electron chi connectivity index (χ1n) is 4.67. The number of nitrogens with one attached hydrogen (secondary N) is 1. The van der Waals surface area contributed by atoms with Crippen LogP contribution < -0.4 is 5.32 Å². The highest BCUT2D eigenvalue weighted by Crippen LogP contribution is 2.18. The fraction of sp³-hybridized carbons (Fsp3) is 0.333. The maximum absolute atomic E-state index is 4.02. The molecule has 13 heavy (non-hydrogen) atoms. The normalized spacial score (nSPS) is 21.5. The van der Waals surface area contributed by atoms with Crippen LogP contribution in [0.25, 0.3) is 0 Å². The summed E-state index contributed by atoms with van der Waals surface area (Å²) in [6.07, 6.45) is 11.0. The van der Waals surface area contributed by atoms with Gasteiger partial charge in [-0.1, -0.05) is 32.6 Å². The van der Waals surface area contributed by atoms with Gasteiger partial charge in [-0.25, -0.2) is 0 Å². The lowest BCUT2D eigenvalue weighted by Crippen LogP contribution is -2.01. The standard InChI is InChI=1S/C12H17N/c1-10(2)8-12-9-13-7-5-4-6-11(12)3/h4-7,9-10,13H,3,8H2,1-2H3/b6-4-,7-5-,12-9?. The van der Waals surface area contributed by atoms with Crippen molar-refractivity contribution in [3.05, 3.63) is 48.4 Å². The van der Waals surface area contributed by atoms with Crippen molar-refractivity contribution in [1.82, 2.24) is 5.32 Å². The minimum Gasteiger partial charge on any atom is -0.367 e. The second kappa shape index (κ2) is 4.70.